The number of unbranched alkanes of at least 4 members (excludes halogenated alkanes) is 1. The van der Waals surface area contributed by atoms with Gasteiger partial charge in [0, 0.05) is 25.7 Å². The largest absolute Gasteiger partial charge is 0.385 e. The summed E-state index contributed by atoms with van der Waals surface area (Å²) in [5.41, 5.74) is 9.31. The standard InChI is InChI=1S/C15H23NO/c1-17-11-5-4-9-15(12-16)10-8-13-6-2-3-7-14(13)15/h2-3,6-7H,4-5,8-12,16H2,1H3. The molecule has 0 bridgehead atoms. The molecule has 2 N–H and O–H groups in total. The summed E-state index contributed by atoms with van der Waals surface area (Å²) in [6.45, 7) is 1.64. The van der Waals surface area contributed by atoms with Crippen molar-refractivity contribution in [3.05, 3.63) is 35.4 Å². The average molecular weight is 233 g/mol. The van der Waals surface area contributed by atoms with Gasteiger partial charge in [0.1, 0.15) is 0 Å². The molecule has 94 valence electrons. The molecular weight excluding hydrogens is 210 g/mol. The lowest BCUT2D eigenvalue weighted by Crippen LogP contribution is -2.32. The van der Waals surface area contributed by atoms with Gasteiger partial charge in [0.15, 0.2) is 0 Å². The summed E-state index contributed by atoms with van der Waals surface area (Å²) in [7, 11) is 1.77. The van der Waals surface area contributed by atoms with Gasteiger partial charge in [0.25, 0.3) is 0 Å². The predicted molar refractivity (Wildman–Crippen MR) is 71.2 cm³/mol. The Hall–Kier alpha value is -0.860. The average Bonchev–Trinajstić information content (AvgIpc) is 2.75. The summed E-state index contributed by atoms with van der Waals surface area (Å²) in [6, 6.07) is 8.80. The highest BCUT2D eigenvalue weighted by atomic mass is 16.5. The van der Waals surface area contributed by atoms with Crippen LogP contribution in [0.1, 0.15) is 36.8 Å². The number of benzene rings is 1. The van der Waals surface area contributed by atoms with E-state index in [1.807, 2.05) is 0 Å². The van der Waals surface area contributed by atoms with Gasteiger partial charge in [-0.2, -0.15) is 0 Å². The zero-order valence-corrected chi connectivity index (χ0v) is 10.7. The van der Waals surface area contributed by atoms with Crippen molar-refractivity contribution in [2.24, 2.45) is 5.73 Å². The van der Waals surface area contributed by atoms with E-state index in [0.29, 0.717) is 0 Å². The second-order valence-electron chi connectivity index (χ2n) is 5.09. The van der Waals surface area contributed by atoms with Gasteiger partial charge in [-0.3, -0.25) is 0 Å². The second-order valence-corrected chi connectivity index (χ2v) is 5.09. The maximum absolute atomic E-state index is 6.07. The quantitative estimate of drug-likeness (QED) is 0.767. The summed E-state index contributed by atoms with van der Waals surface area (Å²) in [6.07, 6.45) is 5.96. The van der Waals surface area contributed by atoms with E-state index in [4.69, 9.17) is 10.5 Å². The van der Waals surface area contributed by atoms with E-state index in [1.165, 1.54) is 36.8 Å². The minimum atomic E-state index is 0.240. The van der Waals surface area contributed by atoms with Crippen LogP contribution in [0.5, 0.6) is 0 Å². The van der Waals surface area contributed by atoms with E-state index >= 15 is 0 Å². The normalized spacial score (nSPS) is 22.7. The zero-order valence-electron chi connectivity index (χ0n) is 10.7. The highest BCUT2D eigenvalue weighted by Crippen LogP contribution is 2.41. The molecule has 1 unspecified atom stereocenters. The molecule has 1 aromatic rings. The molecular formula is C15H23NO. The Balaban J connectivity index is 2.06. The molecule has 0 spiro atoms. The fraction of sp³-hybridized carbons (Fsp3) is 0.600. The molecule has 0 saturated carbocycles. The Morgan fingerprint density at radius 2 is 2.12 bits per heavy atom. The maximum Gasteiger partial charge on any atom is 0.0462 e. The summed E-state index contributed by atoms with van der Waals surface area (Å²) in [4.78, 5) is 0. The first-order chi connectivity index (χ1) is 8.32. The van der Waals surface area contributed by atoms with Gasteiger partial charge >= 0.3 is 0 Å². The molecule has 1 aromatic carbocycles. The SMILES string of the molecule is COCCCCC1(CN)CCc2ccccc21. The van der Waals surface area contributed by atoms with Crippen LogP contribution in [0.15, 0.2) is 24.3 Å². The van der Waals surface area contributed by atoms with Crippen LogP contribution in [0.2, 0.25) is 0 Å². The van der Waals surface area contributed by atoms with Gasteiger partial charge < -0.3 is 10.5 Å². The van der Waals surface area contributed by atoms with Crippen LogP contribution in [-0.4, -0.2) is 20.3 Å². The van der Waals surface area contributed by atoms with Crippen molar-refractivity contribution in [3.8, 4) is 0 Å². The molecule has 0 fully saturated rings. The van der Waals surface area contributed by atoms with Crippen molar-refractivity contribution in [2.45, 2.75) is 37.5 Å². The molecule has 0 amide bonds. The molecule has 1 atom stereocenters. The van der Waals surface area contributed by atoms with Crippen molar-refractivity contribution < 1.29 is 4.74 Å². The Kier molecular flexibility index (Phi) is 4.19. The first-order valence-corrected chi connectivity index (χ1v) is 6.60. The third-order valence-corrected chi connectivity index (χ3v) is 4.11. The van der Waals surface area contributed by atoms with Crippen LogP contribution < -0.4 is 5.73 Å². The van der Waals surface area contributed by atoms with E-state index in [-0.39, 0.29) is 5.41 Å². The first-order valence-electron chi connectivity index (χ1n) is 6.60. The lowest BCUT2D eigenvalue weighted by Gasteiger charge is -2.29. The lowest BCUT2D eigenvalue weighted by atomic mass is 9.77. The molecule has 0 heterocycles. The zero-order chi connectivity index (χ0) is 12.1. The van der Waals surface area contributed by atoms with E-state index in [9.17, 15) is 0 Å². The highest BCUT2D eigenvalue weighted by molar-refractivity contribution is 5.39. The number of hydrogen-bond acceptors (Lipinski definition) is 2. The summed E-state index contributed by atoms with van der Waals surface area (Å²) in [5.74, 6) is 0. The molecule has 1 aliphatic rings. The number of aryl methyl sites for hydroxylation is 1. The molecule has 0 radical (unpaired) electrons. The maximum atomic E-state index is 6.07. The van der Waals surface area contributed by atoms with Crippen molar-refractivity contribution in [1.29, 1.82) is 0 Å². The van der Waals surface area contributed by atoms with Crippen LogP contribution in [0.25, 0.3) is 0 Å². The molecule has 1 aliphatic carbocycles. The van der Waals surface area contributed by atoms with Crippen LogP contribution in [0, 0.1) is 0 Å². The Morgan fingerprint density at radius 1 is 1.29 bits per heavy atom. The number of methoxy groups -OCH3 is 1. The summed E-state index contributed by atoms with van der Waals surface area (Å²) >= 11 is 0. The van der Waals surface area contributed by atoms with Crippen LogP contribution >= 0.6 is 0 Å². The van der Waals surface area contributed by atoms with Gasteiger partial charge in [0.2, 0.25) is 0 Å². The molecule has 0 aromatic heterocycles. The summed E-state index contributed by atoms with van der Waals surface area (Å²) < 4.78 is 5.11. The minimum absolute atomic E-state index is 0.240. The van der Waals surface area contributed by atoms with Crippen molar-refractivity contribution in [2.75, 3.05) is 20.3 Å². The topological polar surface area (TPSA) is 35.2 Å². The van der Waals surface area contributed by atoms with Gasteiger partial charge in [-0.05, 0) is 36.8 Å². The summed E-state index contributed by atoms with van der Waals surface area (Å²) in [5, 5.41) is 0. The number of ether oxygens (including phenoxy) is 1. The number of fused-ring (bicyclic) bond motifs is 1. The molecule has 17 heavy (non-hydrogen) atoms. The Bertz CT molecular complexity index is 364. The Morgan fingerprint density at radius 3 is 2.88 bits per heavy atom. The number of rotatable bonds is 6. The van der Waals surface area contributed by atoms with Crippen LogP contribution in [0.3, 0.4) is 0 Å². The second kappa shape index (κ2) is 5.65. The van der Waals surface area contributed by atoms with E-state index in [1.54, 1.807) is 7.11 Å². The molecule has 2 heteroatoms. The van der Waals surface area contributed by atoms with Gasteiger partial charge in [-0.25, -0.2) is 0 Å². The van der Waals surface area contributed by atoms with Gasteiger partial charge in [-0.15, -0.1) is 0 Å². The monoisotopic (exact) mass is 233 g/mol. The predicted octanol–water partition coefficient (Wildman–Crippen LogP) is 2.65. The fourth-order valence-corrected chi connectivity index (χ4v) is 3.05. The minimum Gasteiger partial charge on any atom is -0.385 e. The van der Waals surface area contributed by atoms with E-state index in [0.717, 1.165) is 19.6 Å². The lowest BCUT2D eigenvalue weighted by molar-refractivity contribution is 0.188. The first kappa shape index (κ1) is 12.6. The van der Waals surface area contributed by atoms with Crippen molar-refractivity contribution >= 4 is 0 Å². The fourth-order valence-electron chi connectivity index (χ4n) is 3.05. The van der Waals surface area contributed by atoms with Gasteiger partial charge in [0.05, 0.1) is 0 Å². The smallest absolute Gasteiger partial charge is 0.0462 e. The molecule has 2 rings (SSSR count). The van der Waals surface area contributed by atoms with Crippen LogP contribution in [0.4, 0.5) is 0 Å². The van der Waals surface area contributed by atoms with Crippen LogP contribution in [-0.2, 0) is 16.6 Å². The highest BCUT2D eigenvalue weighted by Gasteiger charge is 2.36. The molecule has 2 nitrogen and oxygen atoms in total. The Labute approximate surface area is 104 Å². The molecule has 0 aliphatic heterocycles. The number of nitrogens with two attached hydrogens (primary N) is 1. The third-order valence-electron chi connectivity index (χ3n) is 4.11. The van der Waals surface area contributed by atoms with E-state index in [2.05, 4.69) is 24.3 Å². The third kappa shape index (κ3) is 2.53. The van der Waals surface area contributed by atoms with E-state index < -0.39 is 0 Å². The number of hydrogen-bond donors (Lipinski definition) is 1. The molecule has 0 saturated heterocycles. The van der Waals surface area contributed by atoms with Crippen molar-refractivity contribution in [1.82, 2.24) is 0 Å². The van der Waals surface area contributed by atoms with Crippen molar-refractivity contribution in [3.63, 3.8) is 0 Å². The van der Waals surface area contributed by atoms with Gasteiger partial charge in [-0.1, -0.05) is 30.7 Å².